The first-order chi connectivity index (χ1) is 13.2. The lowest BCUT2D eigenvalue weighted by Crippen LogP contribution is -2.20. The second kappa shape index (κ2) is 7.55. The van der Waals surface area contributed by atoms with E-state index in [9.17, 15) is 9.18 Å². The quantitative estimate of drug-likeness (QED) is 0.524. The van der Waals surface area contributed by atoms with Crippen LogP contribution >= 0.6 is 11.3 Å². The second-order valence-corrected chi connectivity index (χ2v) is 6.86. The van der Waals surface area contributed by atoms with Crippen molar-refractivity contribution in [3.63, 3.8) is 0 Å². The molecule has 0 saturated heterocycles. The zero-order valence-electron chi connectivity index (χ0n) is 14.2. The van der Waals surface area contributed by atoms with E-state index in [1.807, 2.05) is 54.6 Å². The summed E-state index contributed by atoms with van der Waals surface area (Å²) in [5.74, 6) is -0.0208. The number of thiazole rings is 1. The molecule has 1 aromatic heterocycles. The van der Waals surface area contributed by atoms with Crippen molar-refractivity contribution in [2.75, 3.05) is 11.9 Å². The van der Waals surface area contributed by atoms with Crippen LogP contribution in [-0.4, -0.2) is 17.5 Å². The number of carbonyl (C=O) groups is 1. The summed E-state index contributed by atoms with van der Waals surface area (Å²) < 4.78 is 19.7. The molecule has 0 aliphatic rings. The Balaban J connectivity index is 1.45. The average molecular weight is 378 g/mol. The number of amides is 1. The standard InChI is InChI=1S/C21H15FN2O2S/c22-15-10-11-17-19(12-15)27-21(23-17)24-20(25)13-26-18-9-5-4-8-16(18)14-6-2-1-3-7-14/h1-12H,13H2,(H,23,24,25). The van der Waals surface area contributed by atoms with Crippen LogP contribution in [0.25, 0.3) is 21.3 Å². The van der Waals surface area contributed by atoms with E-state index in [4.69, 9.17) is 4.74 Å². The minimum Gasteiger partial charge on any atom is -0.483 e. The van der Waals surface area contributed by atoms with Crippen LogP contribution in [0.4, 0.5) is 9.52 Å². The summed E-state index contributed by atoms with van der Waals surface area (Å²) in [7, 11) is 0. The van der Waals surface area contributed by atoms with E-state index in [0.29, 0.717) is 21.1 Å². The fraction of sp³-hybridized carbons (Fsp3) is 0.0476. The van der Waals surface area contributed by atoms with Gasteiger partial charge < -0.3 is 4.74 Å². The van der Waals surface area contributed by atoms with Gasteiger partial charge in [-0.15, -0.1) is 0 Å². The van der Waals surface area contributed by atoms with Crippen molar-refractivity contribution in [3.8, 4) is 16.9 Å². The second-order valence-electron chi connectivity index (χ2n) is 5.83. The van der Waals surface area contributed by atoms with Gasteiger partial charge in [-0.2, -0.15) is 0 Å². The van der Waals surface area contributed by atoms with Crippen molar-refractivity contribution < 1.29 is 13.9 Å². The van der Waals surface area contributed by atoms with Gasteiger partial charge in [0.1, 0.15) is 11.6 Å². The maximum atomic E-state index is 13.3. The van der Waals surface area contributed by atoms with E-state index in [0.717, 1.165) is 11.1 Å². The van der Waals surface area contributed by atoms with Crippen molar-refractivity contribution in [2.24, 2.45) is 0 Å². The summed E-state index contributed by atoms with van der Waals surface area (Å²) in [5.41, 5.74) is 2.58. The number of halogens is 1. The van der Waals surface area contributed by atoms with Crippen LogP contribution in [0.15, 0.2) is 72.8 Å². The van der Waals surface area contributed by atoms with Gasteiger partial charge in [0.2, 0.25) is 0 Å². The highest BCUT2D eigenvalue weighted by Crippen LogP contribution is 2.30. The molecule has 4 nitrogen and oxygen atoms in total. The van der Waals surface area contributed by atoms with E-state index >= 15 is 0 Å². The van der Waals surface area contributed by atoms with Crippen LogP contribution in [0, 0.1) is 5.82 Å². The van der Waals surface area contributed by atoms with Crippen molar-refractivity contribution in [1.82, 2.24) is 4.98 Å². The Hall–Kier alpha value is -3.25. The molecule has 0 atom stereocenters. The third-order valence-electron chi connectivity index (χ3n) is 3.93. The molecule has 4 rings (SSSR count). The summed E-state index contributed by atoms with van der Waals surface area (Å²) in [6.07, 6.45) is 0. The van der Waals surface area contributed by atoms with Crippen LogP contribution < -0.4 is 10.1 Å². The van der Waals surface area contributed by atoms with Crippen LogP contribution in [0.1, 0.15) is 0 Å². The molecule has 0 radical (unpaired) electrons. The van der Waals surface area contributed by atoms with Crippen LogP contribution in [0.5, 0.6) is 5.75 Å². The third kappa shape index (κ3) is 3.96. The number of fused-ring (bicyclic) bond motifs is 1. The Kier molecular flexibility index (Phi) is 4.80. The Morgan fingerprint density at radius 1 is 1.04 bits per heavy atom. The normalized spacial score (nSPS) is 10.7. The number of rotatable bonds is 5. The molecule has 134 valence electrons. The van der Waals surface area contributed by atoms with E-state index in [-0.39, 0.29) is 18.3 Å². The first-order valence-electron chi connectivity index (χ1n) is 8.32. The molecule has 6 heteroatoms. The maximum absolute atomic E-state index is 13.3. The van der Waals surface area contributed by atoms with E-state index < -0.39 is 0 Å². The molecule has 0 spiro atoms. The van der Waals surface area contributed by atoms with Crippen molar-refractivity contribution in [2.45, 2.75) is 0 Å². The first kappa shape index (κ1) is 17.2. The molecule has 3 aromatic carbocycles. The number of aromatic nitrogens is 1. The Labute approximate surface area is 159 Å². The predicted octanol–water partition coefficient (Wildman–Crippen LogP) is 5.12. The molecule has 0 aliphatic carbocycles. The van der Waals surface area contributed by atoms with Crippen molar-refractivity contribution >= 4 is 32.6 Å². The fourth-order valence-electron chi connectivity index (χ4n) is 2.70. The van der Waals surface area contributed by atoms with Gasteiger partial charge >= 0.3 is 0 Å². The topological polar surface area (TPSA) is 51.2 Å². The van der Waals surface area contributed by atoms with Gasteiger partial charge in [0.15, 0.2) is 11.7 Å². The molecule has 0 aliphatic heterocycles. The minimum atomic E-state index is -0.329. The summed E-state index contributed by atoms with van der Waals surface area (Å²) >= 11 is 1.22. The summed E-state index contributed by atoms with van der Waals surface area (Å²) in [6.45, 7) is -0.145. The van der Waals surface area contributed by atoms with Crippen molar-refractivity contribution in [3.05, 3.63) is 78.6 Å². The van der Waals surface area contributed by atoms with Gasteiger partial charge in [0.25, 0.3) is 5.91 Å². The summed E-state index contributed by atoms with van der Waals surface area (Å²) in [5, 5.41) is 3.12. The lowest BCUT2D eigenvalue weighted by Gasteiger charge is -2.11. The molecule has 0 saturated carbocycles. The maximum Gasteiger partial charge on any atom is 0.264 e. The average Bonchev–Trinajstić information content (AvgIpc) is 3.08. The van der Waals surface area contributed by atoms with Crippen molar-refractivity contribution in [1.29, 1.82) is 0 Å². The van der Waals surface area contributed by atoms with Crippen LogP contribution in [0.2, 0.25) is 0 Å². The molecule has 1 N–H and O–H groups in total. The van der Waals surface area contributed by atoms with Gasteiger partial charge in [-0.1, -0.05) is 59.9 Å². The highest BCUT2D eigenvalue weighted by molar-refractivity contribution is 7.22. The Morgan fingerprint density at radius 3 is 2.67 bits per heavy atom. The monoisotopic (exact) mass is 378 g/mol. The van der Waals surface area contributed by atoms with Gasteiger partial charge in [-0.05, 0) is 29.8 Å². The largest absolute Gasteiger partial charge is 0.483 e. The lowest BCUT2D eigenvalue weighted by molar-refractivity contribution is -0.118. The smallest absolute Gasteiger partial charge is 0.264 e. The third-order valence-corrected chi connectivity index (χ3v) is 4.86. The SMILES string of the molecule is O=C(COc1ccccc1-c1ccccc1)Nc1nc2ccc(F)cc2s1. The minimum absolute atomic E-state index is 0.145. The molecular weight excluding hydrogens is 363 g/mol. The number of ether oxygens (including phenoxy) is 1. The molecule has 27 heavy (non-hydrogen) atoms. The number of para-hydroxylation sites is 1. The molecule has 0 unspecified atom stereocenters. The number of hydrogen-bond donors (Lipinski definition) is 1. The highest BCUT2D eigenvalue weighted by atomic mass is 32.1. The van der Waals surface area contributed by atoms with Gasteiger partial charge in [0.05, 0.1) is 10.2 Å². The predicted molar refractivity (Wildman–Crippen MR) is 106 cm³/mol. The molecule has 4 aromatic rings. The zero-order chi connectivity index (χ0) is 18.6. The van der Waals surface area contributed by atoms with Gasteiger partial charge in [0, 0.05) is 5.56 Å². The van der Waals surface area contributed by atoms with E-state index in [1.165, 1.54) is 23.5 Å². The van der Waals surface area contributed by atoms with Crippen LogP contribution in [0.3, 0.4) is 0 Å². The highest BCUT2D eigenvalue weighted by Gasteiger charge is 2.11. The number of nitrogens with zero attached hydrogens (tertiary/aromatic N) is 1. The molecule has 1 heterocycles. The van der Waals surface area contributed by atoms with Gasteiger partial charge in [-0.3, -0.25) is 10.1 Å². The number of anilines is 1. The summed E-state index contributed by atoms with van der Waals surface area (Å²) in [4.78, 5) is 16.5. The summed E-state index contributed by atoms with van der Waals surface area (Å²) in [6, 6.07) is 21.7. The molecular formula is C21H15FN2O2S. The van der Waals surface area contributed by atoms with Crippen LogP contribution in [-0.2, 0) is 4.79 Å². The number of hydrogen-bond acceptors (Lipinski definition) is 4. The van der Waals surface area contributed by atoms with Gasteiger partial charge in [-0.25, -0.2) is 9.37 Å². The zero-order valence-corrected chi connectivity index (χ0v) is 15.0. The first-order valence-corrected chi connectivity index (χ1v) is 9.14. The fourth-order valence-corrected chi connectivity index (χ4v) is 3.61. The molecule has 0 fully saturated rings. The van der Waals surface area contributed by atoms with E-state index in [2.05, 4.69) is 10.3 Å². The Morgan fingerprint density at radius 2 is 1.81 bits per heavy atom. The Bertz CT molecular complexity index is 1100. The molecule has 0 bridgehead atoms. The number of carbonyl (C=O) groups excluding carboxylic acids is 1. The lowest BCUT2D eigenvalue weighted by atomic mass is 10.1. The number of benzene rings is 3. The number of nitrogens with one attached hydrogen (secondary N) is 1. The van der Waals surface area contributed by atoms with E-state index in [1.54, 1.807) is 6.07 Å². The molecule has 1 amide bonds.